The van der Waals surface area contributed by atoms with Gasteiger partial charge in [-0.15, -0.1) is 0 Å². The van der Waals surface area contributed by atoms with Crippen LogP contribution in [0.3, 0.4) is 0 Å². The summed E-state index contributed by atoms with van der Waals surface area (Å²) in [6, 6.07) is 12.8. The van der Waals surface area contributed by atoms with Gasteiger partial charge in [0, 0.05) is 0 Å². The average molecular weight is 252 g/mol. The summed E-state index contributed by atoms with van der Waals surface area (Å²) >= 11 is 0.325. The molecule has 1 rings (SSSR count). The summed E-state index contributed by atoms with van der Waals surface area (Å²) in [4.78, 5) is 0.254. The molecule has 0 amide bonds. The van der Waals surface area contributed by atoms with Crippen LogP contribution in [0.15, 0.2) is 30.3 Å². The monoisotopic (exact) mass is 253 g/mol. The number of hydrogen-bond acceptors (Lipinski definition) is 1. The Hall–Kier alpha value is -0.771. The van der Waals surface area contributed by atoms with Gasteiger partial charge < -0.3 is 0 Å². The second-order valence-electron chi connectivity index (χ2n) is 3.19. The van der Waals surface area contributed by atoms with Gasteiger partial charge in [0.2, 0.25) is 0 Å². The van der Waals surface area contributed by atoms with Crippen molar-refractivity contribution >= 4 is 19.4 Å². The van der Waals surface area contributed by atoms with Gasteiger partial charge >= 0.3 is 92.1 Å². The molecule has 0 bridgehead atoms. The van der Waals surface area contributed by atoms with Gasteiger partial charge in [-0.05, 0) is 0 Å². The fourth-order valence-corrected chi connectivity index (χ4v) is 3.26. The van der Waals surface area contributed by atoms with Crippen LogP contribution >= 0.6 is 0 Å². The van der Waals surface area contributed by atoms with Crippen LogP contribution in [-0.2, 0) is 0 Å². The van der Waals surface area contributed by atoms with Crippen molar-refractivity contribution in [2.45, 2.75) is 31.0 Å². The summed E-state index contributed by atoms with van der Waals surface area (Å²) in [6.45, 7) is 2.17. The molecular formula is C12H15NSe. The second-order valence-corrected chi connectivity index (χ2v) is 5.87. The summed E-state index contributed by atoms with van der Waals surface area (Å²) in [5, 5.41) is 8.98. The summed E-state index contributed by atoms with van der Waals surface area (Å²) < 4.78 is 1.34. The van der Waals surface area contributed by atoms with Gasteiger partial charge in [0.25, 0.3) is 0 Å². The SMILES string of the molecule is CCCCC(C#N)[Se]c1ccccc1. The van der Waals surface area contributed by atoms with E-state index < -0.39 is 0 Å². The van der Waals surface area contributed by atoms with Crippen LogP contribution in [-0.4, -0.2) is 15.0 Å². The maximum atomic E-state index is 8.98. The van der Waals surface area contributed by atoms with Crippen LogP contribution < -0.4 is 4.46 Å². The van der Waals surface area contributed by atoms with Crippen LogP contribution in [0.5, 0.6) is 0 Å². The van der Waals surface area contributed by atoms with Gasteiger partial charge in [-0.25, -0.2) is 0 Å². The van der Waals surface area contributed by atoms with E-state index in [4.69, 9.17) is 5.26 Å². The topological polar surface area (TPSA) is 23.8 Å². The Balaban J connectivity index is 2.46. The van der Waals surface area contributed by atoms with Crippen LogP contribution in [0.2, 0.25) is 4.82 Å². The van der Waals surface area contributed by atoms with Crippen LogP contribution in [0.4, 0.5) is 0 Å². The maximum absolute atomic E-state index is 8.98. The van der Waals surface area contributed by atoms with Gasteiger partial charge in [0.15, 0.2) is 0 Å². The standard InChI is InChI=1S/C12H15NSe/c1-2-3-7-12(10-13)14-11-8-5-4-6-9-11/h4-6,8-9,12H,2-3,7H2,1H3. The number of nitriles is 1. The summed E-state index contributed by atoms with van der Waals surface area (Å²) in [5.41, 5.74) is 0. The van der Waals surface area contributed by atoms with Gasteiger partial charge in [-0.2, -0.15) is 0 Å². The Morgan fingerprint density at radius 2 is 2.07 bits per heavy atom. The number of unbranched alkanes of at least 4 members (excludes halogenated alkanes) is 1. The molecule has 0 aliphatic heterocycles. The van der Waals surface area contributed by atoms with Crippen molar-refractivity contribution in [3.8, 4) is 6.07 Å². The minimum atomic E-state index is 0.254. The molecular weight excluding hydrogens is 237 g/mol. The zero-order chi connectivity index (χ0) is 10.2. The number of rotatable bonds is 5. The third-order valence-electron chi connectivity index (χ3n) is 1.99. The third-order valence-corrected chi connectivity index (χ3v) is 4.44. The van der Waals surface area contributed by atoms with Gasteiger partial charge in [0.05, 0.1) is 0 Å². The quantitative estimate of drug-likeness (QED) is 0.739. The molecule has 0 aliphatic rings. The van der Waals surface area contributed by atoms with Crippen molar-refractivity contribution in [1.82, 2.24) is 0 Å². The third kappa shape index (κ3) is 3.96. The van der Waals surface area contributed by atoms with E-state index in [1.54, 1.807) is 0 Å². The number of nitrogens with zero attached hydrogens (tertiary/aromatic N) is 1. The molecule has 1 nitrogen and oxygen atoms in total. The molecule has 74 valence electrons. The Kier molecular flexibility index (Phi) is 5.37. The van der Waals surface area contributed by atoms with E-state index in [0.29, 0.717) is 15.0 Å². The van der Waals surface area contributed by atoms with E-state index in [0.717, 1.165) is 6.42 Å². The van der Waals surface area contributed by atoms with Crippen molar-refractivity contribution in [3.05, 3.63) is 30.3 Å². The van der Waals surface area contributed by atoms with Crippen molar-refractivity contribution < 1.29 is 0 Å². The summed E-state index contributed by atoms with van der Waals surface area (Å²) in [7, 11) is 0. The molecule has 2 heteroatoms. The zero-order valence-electron chi connectivity index (χ0n) is 8.44. The van der Waals surface area contributed by atoms with Crippen LogP contribution in [0, 0.1) is 11.3 Å². The summed E-state index contributed by atoms with van der Waals surface area (Å²) in [5.74, 6) is 0. The van der Waals surface area contributed by atoms with E-state index in [2.05, 4.69) is 25.1 Å². The van der Waals surface area contributed by atoms with Gasteiger partial charge in [0.1, 0.15) is 0 Å². The first-order valence-corrected chi connectivity index (χ1v) is 6.82. The van der Waals surface area contributed by atoms with E-state index in [1.165, 1.54) is 17.3 Å². The molecule has 0 saturated carbocycles. The minimum absolute atomic E-state index is 0.254. The van der Waals surface area contributed by atoms with Crippen LogP contribution in [0.1, 0.15) is 26.2 Å². The van der Waals surface area contributed by atoms with Crippen LogP contribution in [0.25, 0.3) is 0 Å². The average Bonchev–Trinajstić information content (AvgIpc) is 2.25. The van der Waals surface area contributed by atoms with Crippen molar-refractivity contribution in [2.75, 3.05) is 0 Å². The normalized spacial score (nSPS) is 12.0. The molecule has 14 heavy (non-hydrogen) atoms. The molecule has 1 unspecified atom stereocenters. The molecule has 0 N–H and O–H groups in total. The first kappa shape index (κ1) is 11.3. The first-order valence-electron chi connectivity index (χ1n) is 4.98. The molecule has 0 spiro atoms. The number of benzene rings is 1. The molecule has 0 aromatic heterocycles. The Morgan fingerprint density at radius 3 is 2.64 bits per heavy atom. The fraction of sp³-hybridized carbons (Fsp3) is 0.417. The molecule has 0 radical (unpaired) electrons. The Morgan fingerprint density at radius 1 is 1.36 bits per heavy atom. The Labute approximate surface area is 92.3 Å². The molecule has 1 aromatic carbocycles. The molecule has 0 saturated heterocycles. The van der Waals surface area contributed by atoms with E-state index in [9.17, 15) is 0 Å². The van der Waals surface area contributed by atoms with Gasteiger partial charge in [-0.3, -0.25) is 0 Å². The molecule has 1 aromatic rings. The summed E-state index contributed by atoms with van der Waals surface area (Å²) in [6.07, 6.45) is 3.41. The second kappa shape index (κ2) is 6.65. The molecule has 0 aliphatic carbocycles. The van der Waals surface area contributed by atoms with E-state index >= 15 is 0 Å². The Bertz CT molecular complexity index is 289. The molecule has 0 heterocycles. The van der Waals surface area contributed by atoms with Crippen molar-refractivity contribution in [1.29, 1.82) is 5.26 Å². The van der Waals surface area contributed by atoms with Gasteiger partial charge in [-0.1, -0.05) is 0 Å². The predicted molar refractivity (Wildman–Crippen MR) is 60.7 cm³/mol. The fourth-order valence-electron chi connectivity index (χ4n) is 1.20. The van der Waals surface area contributed by atoms with Crippen molar-refractivity contribution in [2.24, 2.45) is 0 Å². The predicted octanol–water partition coefficient (Wildman–Crippen LogP) is 2.52. The zero-order valence-corrected chi connectivity index (χ0v) is 10.2. The first-order chi connectivity index (χ1) is 6.86. The van der Waals surface area contributed by atoms with Crippen molar-refractivity contribution in [3.63, 3.8) is 0 Å². The number of hydrogen-bond donors (Lipinski definition) is 0. The van der Waals surface area contributed by atoms with E-state index in [-0.39, 0.29) is 4.82 Å². The van der Waals surface area contributed by atoms with E-state index in [1.807, 2.05) is 18.2 Å². The molecule has 1 atom stereocenters. The molecule has 0 fully saturated rings.